The van der Waals surface area contributed by atoms with Crippen molar-refractivity contribution in [1.29, 1.82) is 0 Å². The molecule has 1 aliphatic rings. The molecule has 15 heavy (non-hydrogen) atoms. The second-order valence-electron chi connectivity index (χ2n) is 3.70. The maximum atomic E-state index is 11.9. The zero-order valence-electron chi connectivity index (χ0n) is 9.19. The van der Waals surface area contributed by atoms with Crippen molar-refractivity contribution in [3.8, 4) is 0 Å². The van der Waals surface area contributed by atoms with Crippen LogP contribution in [0.15, 0.2) is 0 Å². The number of amides is 3. The Kier molecular flexibility index (Phi) is 3.90. The van der Waals surface area contributed by atoms with Gasteiger partial charge in [0.1, 0.15) is 6.04 Å². The topological polar surface area (TPSA) is 78.7 Å². The molecule has 1 fully saturated rings. The minimum atomic E-state index is -0.578. The normalized spacial score (nSPS) is 18.4. The van der Waals surface area contributed by atoms with Gasteiger partial charge in [0.05, 0.1) is 0 Å². The van der Waals surface area contributed by atoms with Crippen LogP contribution in [-0.2, 0) is 4.79 Å². The molecule has 0 radical (unpaired) electrons. The highest BCUT2D eigenvalue weighted by molar-refractivity contribution is 5.86. The summed E-state index contributed by atoms with van der Waals surface area (Å²) in [6.45, 7) is 4.68. The Balaban J connectivity index is 2.54. The number of primary amides is 1. The summed E-state index contributed by atoms with van der Waals surface area (Å²) in [7, 11) is 1.53. The summed E-state index contributed by atoms with van der Waals surface area (Å²) in [5, 5.41) is 3.16. The van der Waals surface area contributed by atoms with Gasteiger partial charge in [-0.15, -0.1) is 0 Å². The van der Waals surface area contributed by atoms with Crippen LogP contribution in [0.1, 0.15) is 6.92 Å². The number of rotatable bonds is 2. The molecule has 0 bridgehead atoms. The highest BCUT2D eigenvalue weighted by atomic mass is 16.2. The van der Waals surface area contributed by atoms with E-state index < -0.39 is 12.1 Å². The van der Waals surface area contributed by atoms with Gasteiger partial charge in [-0.2, -0.15) is 0 Å². The molecule has 1 heterocycles. The Hall–Kier alpha value is -1.30. The molecule has 1 unspecified atom stereocenters. The Morgan fingerprint density at radius 3 is 2.40 bits per heavy atom. The Bertz CT molecular complexity index is 250. The largest absolute Gasteiger partial charge is 0.351 e. The third-order valence-corrected chi connectivity index (χ3v) is 2.71. The SMILES string of the molecule is CC(C(=O)N1CCNCC1)N(C)C(N)=O. The molecule has 0 aromatic heterocycles. The Morgan fingerprint density at radius 1 is 1.40 bits per heavy atom. The third-order valence-electron chi connectivity index (χ3n) is 2.71. The van der Waals surface area contributed by atoms with Gasteiger partial charge in [0.15, 0.2) is 0 Å². The fourth-order valence-electron chi connectivity index (χ4n) is 1.51. The highest BCUT2D eigenvalue weighted by Crippen LogP contribution is 2.03. The molecule has 6 nitrogen and oxygen atoms in total. The van der Waals surface area contributed by atoms with Gasteiger partial charge >= 0.3 is 6.03 Å². The van der Waals surface area contributed by atoms with Crippen LogP contribution in [0, 0.1) is 0 Å². The van der Waals surface area contributed by atoms with Crippen molar-refractivity contribution in [3.63, 3.8) is 0 Å². The molecule has 3 amide bonds. The van der Waals surface area contributed by atoms with E-state index in [0.717, 1.165) is 13.1 Å². The van der Waals surface area contributed by atoms with Gasteiger partial charge in [0.2, 0.25) is 5.91 Å². The first-order chi connectivity index (χ1) is 7.04. The van der Waals surface area contributed by atoms with Gasteiger partial charge in [0.25, 0.3) is 0 Å². The first-order valence-electron chi connectivity index (χ1n) is 5.06. The van der Waals surface area contributed by atoms with Crippen molar-refractivity contribution >= 4 is 11.9 Å². The van der Waals surface area contributed by atoms with E-state index in [1.54, 1.807) is 11.8 Å². The van der Waals surface area contributed by atoms with Crippen LogP contribution in [0.5, 0.6) is 0 Å². The lowest BCUT2D eigenvalue weighted by molar-refractivity contribution is -0.135. The molecule has 0 aromatic rings. The minimum Gasteiger partial charge on any atom is -0.351 e. The van der Waals surface area contributed by atoms with Crippen LogP contribution in [0.3, 0.4) is 0 Å². The summed E-state index contributed by atoms with van der Waals surface area (Å²) in [4.78, 5) is 25.8. The van der Waals surface area contributed by atoms with Crippen molar-refractivity contribution in [2.45, 2.75) is 13.0 Å². The van der Waals surface area contributed by atoms with Crippen LogP contribution in [-0.4, -0.2) is 61.0 Å². The molecule has 0 aliphatic carbocycles. The number of hydrogen-bond acceptors (Lipinski definition) is 3. The predicted octanol–water partition coefficient (Wildman–Crippen LogP) is -1.18. The molecule has 3 N–H and O–H groups in total. The highest BCUT2D eigenvalue weighted by Gasteiger charge is 2.26. The molecule has 0 aromatic carbocycles. The van der Waals surface area contributed by atoms with E-state index in [4.69, 9.17) is 5.73 Å². The molecular weight excluding hydrogens is 196 g/mol. The molecule has 1 atom stereocenters. The first kappa shape index (κ1) is 11.8. The van der Waals surface area contributed by atoms with E-state index in [9.17, 15) is 9.59 Å². The summed E-state index contributed by atoms with van der Waals surface area (Å²) in [6.07, 6.45) is 0. The fourth-order valence-corrected chi connectivity index (χ4v) is 1.51. The van der Waals surface area contributed by atoms with Crippen LogP contribution >= 0.6 is 0 Å². The second kappa shape index (κ2) is 4.97. The smallest absolute Gasteiger partial charge is 0.315 e. The molecule has 0 saturated carbocycles. The summed E-state index contributed by atoms with van der Waals surface area (Å²) < 4.78 is 0. The van der Waals surface area contributed by atoms with Crippen LogP contribution in [0.25, 0.3) is 0 Å². The Labute approximate surface area is 89.4 Å². The monoisotopic (exact) mass is 214 g/mol. The average Bonchev–Trinajstić information content (AvgIpc) is 2.27. The van der Waals surface area contributed by atoms with Gasteiger partial charge in [-0.25, -0.2) is 4.79 Å². The number of piperazine rings is 1. The summed E-state index contributed by atoms with van der Waals surface area (Å²) >= 11 is 0. The Morgan fingerprint density at radius 2 is 1.93 bits per heavy atom. The van der Waals surface area contributed by atoms with E-state index in [0.29, 0.717) is 13.1 Å². The number of hydrogen-bond donors (Lipinski definition) is 2. The summed E-state index contributed by atoms with van der Waals surface area (Å²) in [5.41, 5.74) is 5.11. The molecule has 6 heteroatoms. The molecule has 1 aliphatic heterocycles. The van der Waals surface area contributed by atoms with Crippen LogP contribution in [0.4, 0.5) is 4.79 Å². The average molecular weight is 214 g/mol. The molecule has 1 rings (SSSR count). The quantitative estimate of drug-likeness (QED) is 0.607. The van der Waals surface area contributed by atoms with Crippen molar-refractivity contribution in [2.75, 3.05) is 33.2 Å². The lowest BCUT2D eigenvalue weighted by atomic mass is 10.2. The van der Waals surface area contributed by atoms with Crippen molar-refractivity contribution < 1.29 is 9.59 Å². The number of nitrogens with zero attached hydrogens (tertiary/aromatic N) is 2. The van der Waals surface area contributed by atoms with E-state index in [1.807, 2.05) is 0 Å². The summed E-state index contributed by atoms with van der Waals surface area (Å²) in [5.74, 6) is -0.0437. The van der Waals surface area contributed by atoms with Gasteiger partial charge in [-0.1, -0.05) is 0 Å². The zero-order chi connectivity index (χ0) is 11.4. The van der Waals surface area contributed by atoms with Gasteiger partial charge in [0, 0.05) is 33.2 Å². The number of likely N-dealkylation sites (N-methyl/N-ethyl adjacent to an activating group) is 1. The number of carbonyl (C=O) groups excluding carboxylic acids is 2. The third kappa shape index (κ3) is 2.82. The number of carbonyl (C=O) groups is 2. The van der Waals surface area contributed by atoms with Crippen molar-refractivity contribution in [1.82, 2.24) is 15.1 Å². The maximum absolute atomic E-state index is 11.9. The first-order valence-corrected chi connectivity index (χ1v) is 5.06. The van der Waals surface area contributed by atoms with Gasteiger partial charge in [-0.05, 0) is 6.92 Å². The predicted molar refractivity (Wildman–Crippen MR) is 56.3 cm³/mol. The molecule has 0 spiro atoms. The molecular formula is C9H18N4O2. The van der Waals surface area contributed by atoms with Crippen LogP contribution in [0.2, 0.25) is 0 Å². The fraction of sp³-hybridized carbons (Fsp3) is 0.778. The number of nitrogens with one attached hydrogen (secondary N) is 1. The van der Waals surface area contributed by atoms with E-state index in [-0.39, 0.29) is 5.91 Å². The number of nitrogens with two attached hydrogens (primary N) is 1. The maximum Gasteiger partial charge on any atom is 0.315 e. The second-order valence-corrected chi connectivity index (χ2v) is 3.70. The lowest BCUT2D eigenvalue weighted by Crippen LogP contribution is -2.54. The van der Waals surface area contributed by atoms with E-state index in [2.05, 4.69) is 5.32 Å². The minimum absolute atomic E-state index is 0.0437. The van der Waals surface area contributed by atoms with Crippen molar-refractivity contribution in [3.05, 3.63) is 0 Å². The zero-order valence-corrected chi connectivity index (χ0v) is 9.19. The standard InChI is InChI=1S/C9H18N4O2/c1-7(12(2)9(10)15)8(14)13-5-3-11-4-6-13/h7,11H,3-6H2,1-2H3,(H2,10,15). The molecule has 86 valence electrons. The number of urea groups is 1. The molecule has 1 saturated heterocycles. The van der Waals surface area contributed by atoms with Crippen LogP contribution < -0.4 is 11.1 Å². The van der Waals surface area contributed by atoms with Crippen molar-refractivity contribution in [2.24, 2.45) is 5.73 Å². The van der Waals surface area contributed by atoms with Gasteiger partial charge in [-0.3, -0.25) is 4.79 Å². The summed E-state index contributed by atoms with van der Waals surface area (Å²) in [6, 6.07) is -1.06. The van der Waals surface area contributed by atoms with E-state index >= 15 is 0 Å². The van der Waals surface area contributed by atoms with E-state index in [1.165, 1.54) is 11.9 Å². The van der Waals surface area contributed by atoms with Gasteiger partial charge < -0.3 is 20.9 Å². The lowest BCUT2D eigenvalue weighted by Gasteiger charge is -2.32.